The van der Waals surface area contributed by atoms with Crippen LogP contribution in [0.15, 0.2) is 18.2 Å². The van der Waals surface area contributed by atoms with Crippen molar-refractivity contribution < 1.29 is 32.2 Å². The Kier molecular flexibility index (Phi) is 8.62. The SMILES string of the molecule is CN(C(=O)OC1CCC(C(F)(F)F)CC1)[C@@H]1CN(C(=O)C2CCOCC2)C[C@H]1c1ccc(Cl)c(Cl)c1. The number of amides is 2. The maximum absolute atomic E-state index is 13.3. The Morgan fingerprint density at radius 3 is 2.31 bits per heavy atom. The van der Waals surface area contributed by atoms with Gasteiger partial charge < -0.3 is 19.3 Å². The first-order valence-corrected chi connectivity index (χ1v) is 13.1. The third kappa shape index (κ3) is 6.22. The van der Waals surface area contributed by atoms with Crippen molar-refractivity contribution in [2.75, 3.05) is 33.4 Å². The highest BCUT2D eigenvalue weighted by molar-refractivity contribution is 6.42. The number of nitrogens with zero attached hydrogens (tertiary/aromatic N) is 2. The molecule has 11 heteroatoms. The lowest BCUT2D eigenvalue weighted by Gasteiger charge is -2.33. The number of likely N-dealkylation sites (N-methyl/N-ethyl adjacent to an activating group) is 1. The molecule has 2 heterocycles. The maximum Gasteiger partial charge on any atom is 0.410 e. The Bertz CT molecular complexity index is 950. The molecule has 1 saturated carbocycles. The maximum atomic E-state index is 13.3. The van der Waals surface area contributed by atoms with E-state index >= 15 is 0 Å². The molecule has 0 bridgehead atoms. The third-order valence-electron chi connectivity index (χ3n) is 7.73. The molecule has 0 radical (unpaired) electrons. The first kappa shape index (κ1) is 27.3. The lowest BCUT2D eigenvalue weighted by atomic mass is 9.87. The minimum atomic E-state index is -4.22. The molecule has 0 spiro atoms. The van der Waals surface area contributed by atoms with E-state index in [4.69, 9.17) is 32.7 Å². The standard InChI is InChI=1S/C25H31Cl2F3N2O4/c1-31(24(34)36-18-5-3-17(4-6-18)25(28,29)30)22-14-32(23(33)15-8-10-35-11-9-15)13-19(22)16-2-7-20(26)21(27)12-16/h2,7,12,15,17-19,22H,3-6,8-11,13-14H2,1H3/t17?,18?,19-,22+/m0/s1. The van der Waals surface area contributed by atoms with Crippen LogP contribution in [0.3, 0.4) is 0 Å². The first-order valence-electron chi connectivity index (χ1n) is 12.4. The van der Waals surface area contributed by atoms with Gasteiger partial charge in [0.2, 0.25) is 5.91 Å². The van der Waals surface area contributed by atoms with E-state index in [1.807, 2.05) is 6.07 Å². The van der Waals surface area contributed by atoms with E-state index in [9.17, 15) is 22.8 Å². The van der Waals surface area contributed by atoms with Gasteiger partial charge in [-0.1, -0.05) is 29.3 Å². The molecule has 2 atom stereocenters. The van der Waals surface area contributed by atoms with Gasteiger partial charge in [0.1, 0.15) is 6.10 Å². The second-order valence-corrected chi connectivity index (χ2v) is 10.8. The first-order chi connectivity index (χ1) is 17.0. The van der Waals surface area contributed by atoms with E-state index < -0.39 is 24.3 Å². The summed E-state index contributed by atoms with van der Waals surface area (Å²) in [5.74, 6) is -1.64. The van der Waals surface area contributed by atoms with Crippen molar-refractivity contribution in [3.05, 3.63) is 33.8 Å². The molecule has 0 N–H and O–H groups in total. The van der Waals surface area contributed by atoms with E-state index in [2.05, 4.69) is 0 Å². The number of carbonyl (C=O) groups excluding carboxylic acids is 2. The quantitative estimate of drug-likeness (QED) is 0.468. The van der Waals surface area contributed by atoms with Crippen molar-refractivity contribution in [2.24, 2.45) is 11.8 Å². The van der Waals surface area contributed by atoms with Crippen molar-refractivity contribution in [1.82, 2.24) is 9.80 Å². The summed E-state index contributed by atoms with van der Waals surface area (Å²) < 4.78 is 50.0. The summed E-state index contributed by atoms with van der Waals surface area (Å²) in [5.41, 5.74) is 0.849. The summed E-state index contributed by atoms with van der Waals surface area (Å²) in [6.07, 6.45) is -3.78. The van der Waals surface area contributed by atoms with Gasteiger partial charge in [0, 0.05) is 45.2 Å². The van der Waals surface area contributed by atoms with Crippen LogP contribution in [-0.4, -0.2) is 73.5 Å². The molecule has 2 aliphatic heterocycles. The summed E-state index contributed by atoms with van der Waals surface area (Å²) in [6.45, 7) is 1.83. The zero-order valence-corrected chi connectivity index (χ0v) is 21.6. The van der Waals surface area contributed by atoms with Crippen molar-refractivity contribution in [1.29, 1.82) is 0 Å². The average Bonchev–Trinajstić information content (AvgIpc) is 3.30. The zero-order chi connectivity index (χ0) is 26.0. The number of benzene rings is 1. The Balaban J connectivity index is 1.46. The normalized spacial score (nSPS) is 27.7. The van der Waals surface area contributed by atoms with E-state index in [0.29, 0.717) is 49.2 Å². The van der Waals surface area contributed by atoms with Crippen LogP contribution in [0.1, 0.15) is 50.0 Å². The number of hydrogen-bond donors (Lipinski definition) is 0. The van der Waals surface area contributed by atoms with E-state index in [0.717, 1.165) is 5.56 Å². The molecular weight excluding hydrogens is 520 g/mol. The number of hydrogen-bond acceptors (Lipinski definition) is 4. The molecule has 0 unspecified atom stereocenters. The fourth-order valence-corrected chi connectivity index (χ4v) is 5.81. The van der Waals surface area contributed by atoms with Gasteiger partial charge in [0.05, 0.1) is 22.0 Å². The van der Waals surface area contributed by atoms with Crippen LogP contribution >= 0.6 is 23.2 Å². The van der Waals surface area contributed by atoms with Crippen LogP contribution < -0.4 is 0 Å². The Morgan fingerprint density at radius 2 is 1.69 bits per heavy atom. The molecule has 1 aliphatic carbocycles. The number of halogens is 5. The van der Waals surface area contributed by atoms with Gasteiger partial charge in [0.15, 0.2) is 0 Å². The average molecular weight is 551 g/mol. The Labute approximate surface area is 219 Å². The molecule has 1 aromatic rings. The van der Waals surface area contributed by atoms with Gasteiger partial charge >= 0.3 is 12.3 Å². The molecule has 200 valence electrons. The van der Waals surface area contributed by atoms with Crippen LogP contribution in [0.2, 0.25) is 10.0 Å². The highest BCUT2D eigenvalue weighted by Gasteiger charge is 2.44. The summed E-state index contributed by atoms with van der Waals surface area (Å²) in [7, 11) is 1.61. The lowest BCUT2D eigenvalue weighted by Crippen LogP contribution is -2.44. The predicted molar refractivity (Wildman–Crippen MR) is 129 cm³/mol. The number of carbonyl (C=O) groups is 2. The molecule has 1 aromatic carbocycles. The molecule has 3 aliphatic rings. The second kappa shape index (κ2) is 11.4. The minimum Gasteiger partial charge on any atom is -0.446 e. The monoisotopic (exact) mass is 550 g/mol. The molecule has 2 saturated heterocycles. The molecule has 2 amide bonds. The van der Waals surface area contributed by atoms with Gasteiger partial charge in [-0.3, -0.25) is 4.79 Å². The fourth-order valence-electron chi connectivity index (χ4n) is 5.50. The largest absolute Gasteiger partial charge is 0.446 e. The van der Waals surface area contributed by atoms with Gasteiger partial charge in [-0.05, 0) is 56.2 Å². The van der Waals surface area contributed by atoms with Crippen LogP contribution in [0.5, 0.6) is 0 Å². The molecule has 6 nitrogen and oxygen atoms in total. The predicted octanol–water partition coefficient (Wildman–Crippen LogP) is 5.90. The van der Waals surface area contributed by atoms with Gasteiger partial charge in [0.25, 0.3) is 0 Å². The molecule has 36 heavy (non-hydrogen) atoms. The summed E-state index contributed by atoms with van der Waals surface area (Å²) in [4.78, 5) is 29.6. The van der Waals surface area contributed by atoms with Gasteiger partial charge in [-0.25, -0.2) is 4.79 Å². The Morgan fingerprint density at radius 1 is 1.03 bits per heavy atom. The van der Waals surface area contributed by atoms with Crippen LogP contribution in [0.4, 0.5) is 18.0 Å². The highest BCUT2D eigenvalue weighted by atomic mass is 35.5. The number of likely N-dealkylation sites (tertiary alicyclic amines) is 1. The highest BCUT2D eigenvalue weighted by Crippen LogP contribution is 2.39. The van der Waals surface area contributed by atoms with Crippen molar-refractivity contribution in [3.8, 4) is 0 Å². The van der Waals surface area contributed by atoms with Crippen molar-refractivity contribution in [3.63, 3.8) is 0 Å². The molecule has 4 rings (SSSR count). The second-order valence-electron chi connectivity index (χ2n) is 9.99. The summed E-state index contributed by atoms with van der Waals surface area (Å²) in [6, 6.07) is 4.90. The summed E-state index contributed by atoms with van der Waals surface area (Å²) in [5, 5.41) is 0.793. The van der Waals surface area contributed by atoms with Crippen LogP contribution in [0, 0.1) is 11.8 Å². The van der Waals surface area contributed by atoms with Gasteiger partial charge in [-0.15, -0.1) is 0 Å². The molecule has 0 aromatic heterocycles. The summed E-state index contributed by atoms with van der Waals surface area (Å²) >= 11 is 12.4. The Hall–Kier alpha value is -1.71. The van der Waals surface area contributed by atoms with E-state index in [1.165, 1.54) is 4.90 Å². The van der Waals surface area contributed by atoms with Crippen LogP contribution in [0.25, 0.3) is 0 Å². The molecule has 3 fully saturated rings. The fraction of sp³-hybridized carbons (Fsp3) is 0.680. The smallest absolute Gasteiger partial charge is 0.410 e. The number of alkyl halides is 3. The minimum absolute atomic E-state index is 0.0399. The third-order valence-corrected chi connectivity index (χ3v) is 8.47. The zero-order valence-electron chi connectivity index (χ0n) is 20.1. The molecular formula is C25H31Cl2F3N2O4. The number of rotatable bonds is 4. The van der Waals surface area contributed by atoms with Crippen molar-refractivity contribution >= 4 is 35.2 Å². The van der Waals surface area contributed by atoms with Crippen molar-refractivity contribution in [2.45, 2.75) is 62.8 Å². The van der Waals surface area contributed by atoms with Gasteiger partial charge in [-0.2, -0.15) is 13.2 Å². The topological polar surface area (TPSA) is 59.1 Å². The van der Waals surface area contributed by atoms with E-state index in [-0.39, 0.29) is 49.5 Å². The van der Waals surface area contributed by atoms with Crippen LogP contribution in [-0.2, 0) is 14.3 Å². The lowest BCUT2D eigenvalue weighted by molar-refractivity contribution is -0.186. The number of ether oxygens (including phenoxy) is 2. The van der Waals surface area contributed by atoms with E-state index in [1.54, 1.807) is 24.1 Å².